The van der Waals surface area contributed by atoms with Gasteiger partial charge in [0.2, 0.25) is 0 Å². The van der Waals surface area contributed by atoms with Crippen LogP contribution in [0.1, 0.15) is 66.4 Å². The van der Waals surface area contributed by atoms with E-state index in [9.17, 15) is 14.9 Å². The number of thiophene rings is 1. The molecule has 0 fully saturated rings. The van der Waals surface area contributed by atoms with E-state index in [0.717, 1.165) is 53.9 Å². The Morgan fingerprint density at radius 3 is 2.70 bits per heavy atom. The zero-order valence-corrected chi connectivity index (χ0v) is 20.2. The number of anilines is 1. The lowest BCUT2D eigenvalue weighted by Crippen LogP contribution is -2.17. The van der Waals surface area contributed by atoms with E-state index in [1.807, 2.05) is 18.2 Å². The van der Waals surface area contributed by atoms with E-state index in [-0.39, 0.29) is 12.2 Å². The summed E-state index contributed by atoms with van der Waals surface area (Å²) in [4.78, 5) is 26.7. The van der Waals surface area contributed by atoms with Crippen LogP contribution in [0, 0.1) is 17.2 Å². The van der Waals surface area contributed by atoms with Crippen LogP contribution in [0.4, 0.5) is 5.00 Å². The minimum absolute atomic E-state index is 0.0378. The van der Waals surface area contributed by atoms with E-state index < -0.39 is 11.9 Å². The van der Waals surface area contributed by atoms with Crippen molar-refractivity contribution in [3.05, 3.63) is 51.4 Å². The summed E-state index contributed by atoms with van der Waals surface area (Å²) < 4.78 is 10.9. The molecule has 1 aliphatic rings. The van der Waals surface area contributed by atoms with Gasteiger partial charge in [-0.15, -0.1) is 11.3 Å². The number of nitrogens with one attached hydrogen (secondary N) is 1. The number of hydrogen-bond donors (Lipinski definition) is 1. The SMILES string of the molecule is CCCCOc1ccc(/C=C(\C#N)C(=O)Nc2sc3c(c2C(=O)OCC)CCC(C)C3)cc1. The zero-order chi connectivity index (χ0) is 23.8. The van der Waals surface area contributed by atoms with Gasteiger partial charge in [0.25, 0.3) is 5.91 Å². The molecule has 7 heteroatoms. The second-order valence-electron chi connectivity index (χ2n) is 8.17. The first-order valence-corrected chi connectivity index (χ1v) is 12.3. The van der Waals surface area contributed by atoms with E-state index in [4.69, 9.17) is 9.47 Å². The highest BCUT2D eigenvalue weighted by atomic mass is 32.1. The predicted octanol–water partition coefficient (Wildman–Crippen LogP) is 5.77. The van der Waals surface area contributed by atoms with Crippen LogP contribution in [-0.2, 0) is 22.4 Å². The number of carbonyl (C=O) groups excluding carboxylic acids is 2. The molecule has 1 N–H and O–H groups in total. The average Bonchev–Trinajstić information content (AvgIpc) is 3.15. The Labute approximate surface area is 199 Å². The van der Waals surface area contributed by atoms with Gasteiger partial charge in [0, 0.05) is 4.88 Å². The number of nitrogens with zero attached hydrogens (tertiary/aromatic N) is 1. The van der Waals surface area contributed by atoms with Gasteiger partial charge in [-0.3, -0.25) is 4.79 Å². The maximum Gasteiger partial charge on any atom is 0.341 e. The highest BCUT2D eigenvalue weighted by molar-refractivity contribution is 7.17. The molecule has 1 aliphatic carbocycles. The third-order valence-electron chi connectivity index (χ3n) is 5.54. The van der Waals surface area contributed by atoms with E-state index in [2.05, 4.69) is 19.2 Å². The number of carbonyl (C=O) groups is 2. The van der Waals surface area contributed by atoms with Gasteiger partial charge in [-0.05, 0) is 67.9 Å². The molecule has 0 spiro atoms. The maximum atomic E-state index is 12.9. The van der Waals surface area contributed by atoms with Crippen molar-refractivity contribution in [3.63, 3.8) is 0 Å². The molecule has 0 aliphatic heterocycles. The first-order chi connectivity index (χ1) is 16.0. The van der Waals surface area contributed by atoms with Crippen LogP contribution >= 0.6 is 11.3 Å². The second kappa shape index (κ2) is 11.7. The summed E-state index contributed by atoms with van der Waals surface area (Å²) in [6.07, 6.45) is 6.22. The number of esters is 1. The number of hydrogen-bond acceptors (Lipinski definition) is 6. The predicted molar refractivity (Wildman–Crippen MR) is 131 cm³/mol. The van der Waals surface area contributed by atoms with Crippen molar-refractivity contribution in [2.45, 2.75) is 52.9 Å². The summed E-state index contributed by atoms with van der Waals surface area (Å²) in [7, 11) is 0. The average molecular weight is 467 g/mol. The van der Waals surface area contributed by atoms with Crippen LogP contribution in [0.5, 0.6) is 5.75 Å². The fourth-order valence-corrected chi connectivity index (χ4v) is 5.13. The number of fused-ring (bicyclic) bond motifs is 1. The molecule has 1 unspecified atom stereocenters. The summed E-state index contributed by atoms with van der Waals surface area (Å²) in [5.74, 6) is 0.304. The highest BCUT2D eigenvalue weighted by Gasteiger charge is 2.29. The Balaban J connectivity index is 1.80. The van der Waals surface area contributed by atoms with Crippen molar-refractivity contribution in [1.29, 1.82) is 5.26 Å². The minimum atomic E-state index is -0.544. The highest BCUT2D eigenvalue weighted by Crippen LogP contribution is 2.40. The van der Waals surface area contributed by atoms with Gasteiger partial charge >= 0.3 is 5.97 Å². The standard InChI is InChI=1S/C26H30N2O4S/c1-4-6-13-32-20-10-8-18(9-11-20)15-19(16-27)24(29)28-25-23(26(30)31-5-2)21-12-7-17(3)14-22(21)33-25/h8-11,15,17H,4-7,12-14H2,1-3H3,(H,28,29)/b19-15+. The molecular formula is C26H30N2O4S. The molecule has 1 atom stereocenters. The van der Waals surface area contributed by atoms with E-state index >= 15 is 0 Å². The fraction of sp³-hybridized carbons (Fsp3) is 0.423. The lowest BCUT2D eigenvalue weighted by Gasteiger charge is -2.18. The monoisotopic (exact) mass is 466 g/mol. The molecule has 6 nitrogen and oxygen atoms in total. The summed E-state index contributed by atoms with van der Waals surface area (Å²) in [6.45, 7) is 6.96. The van der Waals surface area contributed by atoms with Gasteiger partial charge in [0.1, 0.15) is 22.4 Å². The molecular weight excluding hydrogens is 436 g/mol. The first-order valence-electron chi connectivity index (χ1n) is 11.4. The molecule has 0 bridgehead atoms. The van der Waals surface area contributed by atoms with Crippen molar-refractivity contribution >= 4 is 34.3 Å². The summed E-state index contributed by atoms with van der Waals surface area (Å²) in [5.41, 5.74) is 2.08. The van der Waals surface area contributed by atoms with Crippen LogP contribution in [0.3, 0.4) is 0 Å². The van der Waals surface area contributed by atoms with Crippen LogP contribution in [-0.4, -0.2) is 25.1 Å². The van der Waals surface area contributed by atoms with Gasteiger partial charge < -0.3 is 14.8 Å². The fourth-order valence-electron chi connectivity index (χ4n) is 3.74. The molecule has 174 valence electrons. The van der Waals surface area contributed by atoms with E-state index in [0.29, 0.717) is 23.1 Å². The van der Waals surface area contributed by atoms with Gasteiger partial charge in [-0.1, -0.05) is 32.4 Å². The van der Waals surface area contributed by atoms with Crippen molar-refractivity contribution in [2.24, 2.45) is 5.92 Å². The van der Waals surface area contributed by atoms with E-state index in [1.54, 1.807) is 19.1 Å². The molecule has 0 saturated heterocycles. The van der Waals surface area contributed by atoms with Crippen LogP contribution in [0.15, 0.2) is 29.8 Å². The molecule has 0 radical (unpaired) electrons. The van der Waals surface area contributed by atoms with Crippen molar-refractivity contribution in [3.8, 4) is 11.8 Å². The topological polar surface area (TPSA) is 88.4 Å². The smallest absolute Gasteiger partial charge is 0.341 e. The molecule has 0 saturated carbocycles. The lowest BCUT2D eigenvalue weighted by atomic mass is 9.88. The Hall–Kier alpha value is -3.11. The molecule has 1 aromatic heterocycles. The number of ether oxygens (including phenoxy) is 2. The Morgan fingerprint density at radius 2 is 2.03 bits per heavy atom. The molecule has 33 heavy (non-hydrogen) atoms. The van der Waals surface area contributed by atoms with Crippen LogP contribution in [0.2, 0.25) is 0 Å². The molecule has 3 rings (SSSR count). The Morgan fingerprint density at radius 1 is 1.27 bits per heavy atom. The number of nitriles is 1. The number of unbranched alkanes of at least 4 members (excludes halogenated alkanes) is 1. The van der Waals surface area contributed by atoms with Gasteiger partial charge in [-0.2, -0.15) is 5.26 Å². The van der Waals surface area contributed by atoms with Crippen LogP contribution < -0.4 is 10.1 Å². The van der Waals surface area contributed by atoms with E-state index in [1.165, 1.54) is 17.4 Å². The largest absolute Gasteiger partial charge is 0.494 e. The zero-order valence-electron chi connectivity index (χ0n) is 19.4. The normalized spacial score (nSPS) is 15.3. The minimum Gasteiger partial charge on any atom is -0.494 e. The molecule has 1 amide bonds. The third-order valence-corrected chi connectivity index (χ3v) is 6.71. The summed E-state index contributed by atoms with van der Waals surface area (Å²) >= 11 is 1.41. The van der Waals surface area contributed by atoms with Crippen molar-refractivity contribution < 1.29 is 19.1 Å². The molecule has 2 aromatic rings. The van der Waals surface area contributed by atoms with Gasteiger partial charge in [0.05, 0.1) is 18.8 Å². The maximum absolute atomic E-state index is 12.9. The van der Waals surface area contributed by atoms with Gasteiger partial charge in [-0.25, -0.2) is 4.79 Å². The molecule has 1 heterocycles. The number of benzene rings is 1. The lowest BCUT2D eigenvalue weighted by molar-refractivity contribution is -0.112. The number of rotatable bonds is 9. The quantitative estimate of drug-likeness (QED) is 0.219. The Bertz CT molecular complexity index is 1060. The Kier molecular flexibility index (Phi) is 8.67. The van der Waals surface area contributed by atoms with Crippen LogP contribution in [0.25, 0.3) is 6.08 Å². The third kappa shape index (κ3) is 6.23. The first kappa shape index (κ1) is 24.5. The number of amides is 1. The van der Waals surface area contributed by atoms with Crippen molar-refractivity contribution in [2.75, 3.05) is 18.5 Å². The van der Waals surface area contributed by atoms with Gasteiger partial charge in [0.15, 0.2) is 0 Å². The summed E-state index contributed by atoms with van der Waals surface area (Å²) in [6, 6.07) is 9.23. The second-order valence-corrected chi connectivity index (χ2v) is 9.28. The molecule has 1 aromatic carbocycles. The van der Waals surface area contributed by atoms with Crippen molar-refractivity contribution in [1.82, 2.24) is 0 Å². The summed E-state index contributed by atoms with van der Waals surface area (Å²) in [5, 5.41) is 12.9.